The van der Waals surface area contributed by atoms with Crippen LogP contribution in [0.2, 0.25) is 0 Å². The Hall–Kier alpha value is -1.27. The van der Waals surface area contributed by atoms with Crippen molar-refractivity contribution in [1.29, 1.82) is 5.26 Å². The minimum Gasteiger partial charge on any atom is -0.354 e. The number of rotatable bonds is 8. The van der Waals surface area contributed by atoms with Crippen LogP contribution >= 0.6 is 0 Å². The standard InChI is InChI=1S/C15H23N3/c1-2-17-15(13-6-7-13)14-8-11-18(12-14)10-5-3-4-9-16/h8,11-13,15,17H,2-7,10H2,1H3. The Kier molecular flexibility index (Phi) is 4.83. The van der Waals surface area contributed by atoms with Gasteiger partial charge in [-0.3, -0.25) is 0 Å². The quantitative estimate of drug-likeness (QED) is 0.714. The van der Waals surface area contributed by atoms with Crippen LogP contribution in [0.5, 0.6) is 0 Å². The number of nitrogens with zero attached hydrogens (tertiary/aromatic N) is 2. The molecule has 3 nitrogen and oxygen atoms in total. The predicted molar refractivity (Wildman–Crippen MR) is 73.0 cm³/mol. The maximum atomic E-state index is 8.50. The first-order valence-electron chi connectivity index (χ1n) is 7.11. The Balaban J connectivity index is 1.86. The van der Waals surface area contributed by atoms with Gasteiger partial charge in [-0.15, -0.1) is 0 Å². The lowest BCUT2D eigenvalue weighted by molar-refractivity contribution is 0.494. The van der Waals surface area contributed by atoms with Gasteiger partial charge in [0.25, 0.3) is 0 Å². The van der Waals surface area contributed by atoms with Crippen molar-refractivity contribution < 1.29 is 0 Å². The molecule has 1 heterocycles. The molecule has 1 aromatic rings. The van der Waals surface area contributed by atoms with Crippen molar-refractivity contribution in [2.24, 2.45) is 5.92 Å². The summed E-state index contributed by atoms with van der Waals surface area (Å²) < 4.78 is 2.26. The van der Waals surface area contributed by atoms with Gasteiger partial charge in [-0.2, -0.15) is 5.26 Å². The maximum absolute atomic E-state index is 8.50. The molecule has 1 fully saturated rings. The van der Waals surface area contributed by atoms with E-state index in [1.54, 1.807) is 0 Å². The summed E-state index contributed by atoms with van der Waals surface area (Å²) in [6.45, 7) is 4.24. The summed E-state index contributed by atoms with van der Waals surface area (Å²) in [7, 11) is 0. The number of nitriles is 1. The van der Waals surface area contributed by atoms with E-state index in [1.807, 2.05) is 0 Å². The van der Waals surface area contributed by atoms with Crippen LogP contribution in [-0.4, -0.2) is 11.1 Å². The molecule has 0 bridgehead atoms. The van der Waals surface area contributed by atoms with E-state index in [2.05, 4.69) is 41.3 Å². The van der Waals surface area contributed by atoms with E-state index >= 15 is 0 Å². The number of unbranched alkanes of at least 4 members (excludes halogenated alkanes) is 2. The highest BCUT2D eigenvalue weighted by Gasteiger charge is 2.31. The van der Waals surface area contributed by atoms with Crippen molar-refractivity contribution in [2.45, 2.75) is 51.6 Å². The molecule has 98 valence electrons. The van der Waals surface area contributed by atoms with E-state index in [4.69, 9.17) is 5.26 Å². The molecule has 0 saturated heterocycles. The van der Waals surface area contributed by atoms with Gasteiger partial charge in [0.1, 0.15) is 0 Å². The second kappa shape index (κ2) is 6.61. The Bertz CT molecular complexity index is 398. The van der Waals surface area contributed by atoms with Crippen molar-refractivity contribution in [2.75, 3.05) is 6.54 Å². The lowest BCUT2D eigenvalue weighted by atomic mass is 10.1. The van der Waals surface area contributed by atoms with Crippen LogP contribution in [0.4, 0.5) is 0 Å². The molecule has 0 radical (unpaired) electrons. The van der Waals surface area contributed by atoms with Gasteiger partial charge in [-0.25, -0.2) is 0 Å². The molecule has 1 aliphatic carbocycles. The molecule has 1 aromatic heterocycles. The number of aromatic nitrogens is 1. The molecule has 3 heteroatoms. The first kappa shape index (κ1) is 13.2. The Morgan fingerprint density at radius 1 is 1.50 bits per heavy atom. The highest BCUT2D eigenvalue weighted by molar-refractivity contribution is 5.18. The molecule has 18 heavy (non-hydrogen) atoms. The van der Waals surface area contributed by atoms with Crippen molar-refractivity contribution in [3.05, 3.63) is 24.0 Å². The van der Waals surface area contributed by atoms with Gasteiger partial charge in [-0.05, 0) is 49.8 Å². The zero-order valence-electron chi connectivity index (χ0n) is 11.2. The van der Waals surface area contributed by atoms with Crippen molar-refractivity contribution in [3.63, 3.8) is 0 Å². The fraction of sp³-hybridized carbons (Fsp3) is 0.667. The molecule has 0 spiro atoms. The van der Waals surface area contributed by atoms with Crippen molar-refractivity contribution in [1.82, 2.24) is 9.88 Å². The highest BCUT2D eigenvalue weighted by atomic mass is 15.0. The highest BCUT2D eigenvalue weighted by Crippen LogP contribution is 2.40. The van der Waals surface area contributed by atoms with Gasteiger partial charge in [0.05, 0.1) is 6.07 Å². The predicted octanol–water partition coefficient (Wildman–Crippen LogP) is 3.24. The van der Waals surface area contributed by atoms with Crippen LogP contribution in [0.15, 0.2) is 18.5 Å². The lowest BCUT2D eigenvalue weighted by Gasteiger charge is -2.15. The summed E-state index contributed by atoms with van der Waals surface area (Å²) in [5.74, 6) is 0.847. The third kappa shape index (κ3) is 3.61. The molecule has 1 unspecified atom stereocenters. The van der Waals surface area contributed by atoms with Crippen LogP contribution in [0, 0.1) is 17.2 Å². The van der Waals surface area contributed by atoms with E-state index < -0.39 is 0 Å². The summed E-state index contributed by atoms with van der Waals surface area (Å²) in [5.41, 5.74) is 1.43. The molecule has 2 rings (SSSR count). The van der Waals surface area contributed by atoms with Crippen LogP contribution in [0.3, 0.4) is 0 Å². The van der Waals surface area contributed by atoms with E-state index in [9.17, 15) is 0 Å². The SMILES string of the molecule is CCNC(c1ccn(CCCCC#N)c1)C1CC1. The van der Waals surface area contributed by atoms with Crippen LogP contribution < -0.4 is 5.32 Å². The summed E-state index contributed by atoms with van der Waals surface area (Å²) in [6.07, 6.45) is 9.96. The van der Waals surface area contributed by atoms with Crippen molar-refractivity contribution >= 4 is 0 Å². The van der Waals surface area contributed by atoms with Gasteiger partial charge >= 0.3 is 0 Å². The molecule has 1 atom stereocenters. The first-order valence-corrected chi connectivity index (χ1v) is 7.11. The fourth-order valence-corrected chi connectivity index (χ4v) is 2.49. The molecular formula is C15H23N3. The Labute approximate surface area is 110 Å². The molecule has 1 saturated carbocycles. The minimum absolute atomic E-state index is 0.551. The summed E-state index contributed by atoms with van der Waals surface area (Å²) in [4.78, 5) is 0. The van der Waals surface area contributed by atoms with Gasteiger partial charge in [-0.1, -0.05) is 6.92 Å². The third-order valence-electron chi connectivity index (χ3n) is 3.60. The second-order valence-corrected chi connectivity index (χ2v) is 5.17. The topological polar surface area (TPSA) is 40.8 Å². The molecule has 0 aliphatic heterocycles. The molecular weight excluding hydrogens is 222 g/mol. The number of hydrogen-bond donors (Lipinski definition) is 1. The van der Waals surface area contributed by atoms with Crippen LogP contribution in [-0.2, 0) is 6.54 Å². The van der Waals surface area contributed by atoms with Gasteiger partial charge in [0, 0.05) is 31.4 Å². The molecule has 0 aromatic carbocycles. The summed E-state index contributed by atoms with van der Waals surface area (Å²) in [6, 6.07) is 5.00. The van der Waals surface area contributed by atoms with Crippen LogP contribution in [0.25, 0.3) is 0 Å². The zero-order chi connectivity index (χ0) is 12.8. The number of hydrogen-bond acceptors (Lipinski definition) is 2. The fourth-order valence-electron chi connectivity index (χ4n) is 2.49. The summed E-state index contributed by atoms with van der Waals surface area (Å²) in [5, 5.41) is 12.1. The van der Waals surface area contributed by atoms with Gasteiger partial charge < -0.3 is 9.88 Å². The Morgan fingerprint density at radius 3 is 3.00 bits per heavy atom. The van der Waals surface area contributed by atoms with Crippen LogP contribution in [0.1, 0.15) is 50.6 Å². The average Bonchev–Trinajstić information content (AvgIpc) is 3.11. The van der Waals surface area contributed by atoms with Gasteiger partial charge in [0.15, 0.2) is 0 Å². The third-order valence-corrected chi connectivity index (χ3v) is 3.60. The summed E-state index contributed by atoms with van der Waals surface area (Å²) >= 11 is 0. The molecule has 1 aliphatic rings. The van der Waals surface area contributed by atoms with Crippen molar-refractivity contribution in [3.8, 4) is 6.07 Å². The molecule has 1 N–H and O–H groups in total. The van der Waals surface area contributed by atoms with E-state index in [1.165, 1.54) is 18.4 Å². The van der Waals surface area contributed by atoms with Gasteiger partial charge in [0.2, 0.25) is 0 Å². The van der Waals surface area contributed by atoms with E-state index in [0.717, 1.165) is 31.8 Å². The molecule has 0 amide bonds. The smallest absolute Gasteiger partial charge is 0.0621 e. The number of nitrogens with one attached hydrogen (secondary N) is 1. The first-order chi connectivity index (χ1) is 8.85. The Morgan fingerprint density at radius 2 is 2.33 bits per heavy atom. The lowest BCUT2D eigenvalue weighted by Crippen LogP contribution is -2.22. The largest absolute Gasteiger partial charge is 0.354 e. The minimum atomic E-state index is 0.551. The number of aryl methyl sites for hydroxylation is 1. The zero-order valence-corrected chi connectivity index (χ0v) is 11.2. The van der Waals surface area contributed by atoms with E-state index in [-0.39, 0.29) is 0 Å². The van der Waals surface area contributed by atoms with E-state index in [0.29, 0.717) is 12.5 Å². The second-order valence-electron chi connectivity index (χ2n) is 5.17. The monoisotopic (exact) mass is 245 g/mol. The average molecular weight is 245 g/mol. The normalized spacial score (nSPS) is 16.4. The maximum Gasteiger partial charge on any atom is 0.0621 e.